The third-order valence-electron chi connectivity index (χ3n) is 2.99. The van der Waals surface area contributed by atoms with Gasteiger partial charge >= 0.3 is 0 Å². The van der Waals surface area contributed by atoms with Gasteiger partial charge in [-0.3, -0.25) is 0 Å². The lowest BCUT2D eigenvalue weighted by Gasteiger charge is -2.06. The van der Waals surface area contributed by atoms with E-state index in [0.29, 0.717) is 6.54 Å². The summed E-state index contributed by atoms with van der Waals surface area (Å²) in [5.74, 6) is 0.843. The molecule has 0 bridgehead atoms. The second-order valence-corrected chi connectivity index (χ2v) is 4.32. The largest absolute Gasteiger partial charge is 0.366 e. The molecule has 0 saturated heterocycles. The van der Waals surface area contributed by atoms with E-state index < -0.39 is 0 Å². The van der Waals surface area contributed by atoms with E-state index in [1.165, 1.54) is 5.56 Å². The molecule has 0 aliphatic carbocycles. The van der Waals surface area contributed by atoms with Gasteiger partial charge in [0.2, 0.25) is 0 Å². The standard InChI is InChI=1S/C14H15N5/c15-9-11-1-3-12(4-2-11)10-16-13-6-8-19-14(18-13)5-7-17-19/h1-8H,9-10,15H2,(H,16,18). The third-order valence-corrected chi connectivity index (χ3v) is 2.99. The van der Waals surface area contributed by atoms with Crippen LogP contribution in [-0.2, 0) is 13.1 Å². The molecule has 1 aromatic carbocycles. The van der Waals surface area contributed by atoms with E-state index in [4.69, 9.17) is 5.73 Å². The van der Waals surface area contributed by atoms with E-state index in [2.05, 4.69) is 27.5 Å². The SMILES string of the molecule is NCc1ccc(CNc2ccn3nccc3n2)cc1. The van der Waals surface area contributed by atoms with Crippen LogP contribution in [0.4, 0.5) is 5.82 Å². The molecular weight excluding hydrogens is 238 g/mol. The molecule has 3 N–H and O–H groups in total. The molecule has 0 spiro atoms. The summed E-state index contributed by atoms with van der Waals surface area (Å²) in [7, 11) is 0. The minimum atomic E-state index is 0.577. The third kappa shape index (κ3) is 2.56. The number of rotatable bonds is 4. The number of aromatic nitrogens is 3. The van der Waals surface area contributed by atoms with E-state index in [-0.39, 0.29) is 0 Å². The quantitative estimate of drug-likeness (QED) is 0.744. The zero-order chi connectivity index (χ0) is 13.1. The Kier molecular flexibility index (Phi) is 3.12. The molecule has 0 fully saturated rings. The van der Waals surface area contributed by atoms with E-state index in [9.17, 15) is 0 Å². The van der Waals surface area contributed by atoms with Crippen LogP contribution in [0.3, 0.4) is 0 Å². The minimum absolute atomic E-state index is 0.577. The first kappa shape index (κ1) is 11.7. The van der Waals surface area contributed by atoms with Crippen LogP contribution in [0.15, 0.2) is 48.8 Å². The number of nitrogens with two attached hydrogens (primary N) is 1. The summed E-state index contributed by atoms with van der Waals surface area (Å²) >= 11 is 0. The van der Waals surface area contributed by atoms with Crippen molar-refractivity contribution in [2.75, 3.05) is 5.32 Å². The fourth-order valence-electron chi connectivity index (χ4n) is 1.90. The molecule has 19 heavy (non-hydrogen) atoms. The van der Waals surface area contributed by atoms with Crippen molar-refractivity contribution in [3.05, 3.63) is 59.9 Å². The molecule has 0 aliphatic rings. The van der Waals surface area contributed by atoms with Gasteiger partial charge in [0, 0.05) is 25.4 Å². The Morgan fingerprint density at radius 3 is 2.63 bits per heavy atom. The van der Waals surface area contributed by atoms with Crippen LogP contribution in [0.2, 0.25) is 0 Å². The van der Waals surface area contributed by atoms with Gasteiger partial charge in [-0.2, -0.15) is 5.10 Å². The second-order valence-electron chi connectivity index (χ2n) is 4.32. The molecule has 5 nitrogen and oxygen atoms in total. The summed E-state index contributed by atoms with van der Waals surface area (Å²) in [4.78, 5) is 4.45. The van der Waals surface area contributed by atoms with Gasteiger partial charge in [0.05, 0.1) is 6.20 Å². The number of hydrogen-bond acceptors (Lipinski definition) is 4. The molecule has 0 amide bonds. The first-order valence-electron chi connectivity index (χ1n) is 6.17. The van der Waals surface area contributed by atoms with Crippen LogP contribution in [-0.4, -0.2) is 14.6 Å². The van der Waals surface area contributed by atoms with Crippen LogP contribution in [0.25, 0.3) is 5.65 Å². The molecule has 0 aliphatic heterocycles. The summed E-state index contributed by atoms with van der Waals surface area (Å²) in [5.41, 5.74) is 8.75. The van der Waals surface area contributed by atoms with Crippen molar-refractivity contribution in [1.29, 1.82) is 0 Å². The van der Waals surface area contributed by atoms with Crippen LogP contribution in [0.5, 0.6) is 0 Å². The topological polar surface area (TPSA) is 68.2 Å². The van der Waals surface area contributed by atoms with Crippen LogP contribution in [0.1, 0.15) is 11.1 Å². The molecule has 0 atom stereocenters. The number of hydrogen-bond donors (Lipinski definition) is 2. The Bertz CT molecular complexity index is 672. The van der Waals surface area contributed by atoms with Crippen molar-refractivity contribution in [1.82, 2.24) is 14.6 Å². The molecule has 2 heterocycles. The van der Waals surface area contributed by atoms with Crippen molar-refractivity contribution in [3.8, 4) is 0 Å². The van der Waals surface area contributed by atoms with Crippen molar-refractivity contribution in [2.24, 2.45) is 5.73 Å². The van der Waals surface area contributed by atoms with Crippen molar-refractivity contribution in [2.45, 2.75) is 13.1 Å². The van der Waals surface area contributed by atoms with Crippen LogP contribution in [0, 0.1) is 0 Å². The normalized spacial score (nSPS) is 10.8. The van der Waals surface area contributed by atoms with Crippen molar-refractivity contribution >= 4 is 11.5 Å². The zero-order valence-electron chi connectivity index (χ0n) is 10.5. The van der Waals surface area contributed by atoms with Crippen molar-refractivity contribution in [3.63, 3.8) is 0 Å². The maximum Gasteiger partial charge on any atom is 0.157 e. The van der Waals surface area contributed by atoms with Gasteiger partial charge in [-0.05, 0) is 17.2 Å². The zero-order valence-corrected chi connectivity index (χ0v) is 10.5. The van der Waals surface area contributed by atoms with E-state index >= 15 is 0 Å². The van der Waals surface area contributed by atoms with Gasteiger partial charge in [-0.15, -0.1) is 0 Å². The number of fused-ring (bicyclic) bond motifs is 1. The van der Waals surface area contributed by atoms with E-state index in [0.717, 1.165) is 23.6 Å². The van der Waals surface area contributed by atoms with Gasteiger partial charge in [0.25, 0.3) is 0 Å². The lowest BCUT2D eigenvalue weighted by molar-refractivity contribution is 0.936. The molecule has 5 heteroatoms. The molecule has 2 aromatic heterocycles. The Labute approximate surface area is 111 Å². The van der Waals surface area contributed by atoms with Gasteiger partial charge in [-0.25, -0.2) is 9.50 Å². The maximum absolute atomic E-state index is 5.57. The highest BCUT2D eigenvalue weighted by Gasteiger charge is 1.99. The first-order chi connectivity index (χ1) is 9.35. The molecule has 3 rings (SSSR count). The smallest absolute Gasteiger partial charge is 0.157 e. The summed E-state index contributed by atoms with van der Waals surface area (Å²) in [6.45, 7) is 1.31. The Balaban J connectivity index is 1.70. The lowest BCUT2D eigenvalue weighted by atomic mass is 10.1. The average molecular weight is 253 g/mol. The number of nitrogens with zero attached hydrogens (tertiary/aromatic N) is 3. The van der Waals surface area contributed by atoms with E-state index in [1.54, 1.807) is 10.7 Å². The Hall–Kier alpha value is -2.40. The van der Waals surface area contributed by atoms with Gasteiger partial charge in [0.15, 0.2) is 5.65 Å². The average Bonchev–Trinajstić information content (AvgIpc) is 2.93. The molecule has 0 saturated carbocycles. The summed E-state index contributed by atoms with van der Waals surface area (Å²) in [6.07, 6.45) is 3.62. The van der Waals surface area contributed by atoms with Crippen LogP contribution < -0.4 is 11.1 Å². The van der Waals surface area contributed by atoms with E-state index in [1.807, 2.05) is 30.5 Å². The fourth-order valence-corrected chi connectivity index (χ4v) is 1.90. The monoisotopic (exact) mass is 253 g/mol. The highest BCUT2D eigenvalue weighted by atomic mass is 15.2. The molecular formula is C14H15N5. The predicted molar refractivity (Wildman–Crippen MR) is 74.6 cm³/mol. The van der Waals surface area contributed by atoms with Gasteiger partial charge < -0.3 is 11.1 Å². The Morgan fingerprint density at radius 2 is 1.84 bits per heavy atom. The lowest BCUT2D eigenvalue weighted by Crippen LogP contribution is -2.03. The molecule has 3 aromatic rings. The summed E-state index contributed by atoms with van der Waals surface area (Å²) in [6, 6.07) is 12.0. The Morgan fingerprint density at radius 1 is 1.05 bits per heavy atom. The molecule has 0 radical (unpaired) electrons. The van der Waals surface area contributed by atoms with Crippen molar-refractivity contribution < 1.29 is 0 Å². The molecule has 0 unspecified atom stereocenters. The number of anilines is 1. The number of nitrogens with one attached hydrogen (secondary N) is 1. The maximum atomic E-state index is 5.57. The highest BCUT2D eigenvalue weighted by Crippen LogP contribution is 2.09. The predicted octanol–water partition coefficient (Wildman–Crippen LogP) is 1.80. The minimum Gasteiger partial charge on any atom is -0.366 e. The fraction of sp³-hybridized carbons (Fsp3) is 0.143. The summed E-state index contributed by atoms with van der Waals surface area (Å²) in [5, 5.41) is 7.41. The first-order valence-corrected chi connectivity index (χ1v) is 6.17. The molecule has 96 valence electrons. The highest BCUT2D eigenvalue weighted by molar-refractivity contribution is 5.45. The number of benzene rings is 1. The summed E-state index contributed by atoms with van der Waals surface area (Å²) < 4.78 is 1.74. The van der Waals surface area contributed by atoms with Crippen LogP contribution >= 0.6 is 0 Å². The second kappa shape index (κ2) is 5.07. The van der Waals surface area contributed by atoms with Gasteiger partial charge in [0.1, 0.15) is 5.82 Å². The van der Waals surface area contributed by atoms with Gasteiger partial charge in [-0.1, -0.05) is 24.3 Å².